The number of rotatable bonds is 6. The first-order valence-electron chi connectivity index (χ1n) is 16.9. The summed E-state index contributed by atoms with van der Waals surface area (Å²) in [6.45, 7) is 9.31. The van der Waals surface area contributed by atoms with Crippen LogP contribution < -0.4 is 15.4 Å². The molecule has 1 aromatic carbocycles. The lowest BCUT2D eigenvalue weighted by atomic mass is 9.85. The molecule has 5 atom stereocenters. The molecular weight excluding hydrogens is 648 g/mol. The number of carbonyl (C=O) groups is 4. The molecule has 3 fully saturated rings. The Morgan fingerprint density at radius 1 is 1.14 bits per heavy atom. The molecule has 2 saturated carbocycles. The lowest BCUT2D eigenvalue weighted by molar-refractivity contribution is -0.142. The summed E-state index contributed by atoms with van der Waals surface area (Å²) in [6, 6.07) is 5.47. The molecule has 1 saturated heterocycles. The lowest BCUT2D eigenvalue weighted by Gasteiger charge is -2.35. The third kappa shape index (κ3) is 8.65. The van der Waals surface area contributed by atoms with E-state index in [2.05, 4.69) is 40.0 Å². The van der Waals surface area contributed by atoms with Crippen LogP contribution >= 0.6 is 0 Å². The van der Waals surface area contributed by atoms with Gasteiger partial charge in [-0.2, -0.15) is 0 Å². The topological polar surface area (TPSA) is 160 Å². The molecule has 0 radical (unpaired) electrons. The quantitative estimate of drug-likeness (QED) is 0.302. The third-order valence-electron chi connectivity index (χ3n) is 9.39. The summed E-state index contributed by atoms with van der Waals surface area (Å²) in [6.07, 6.45) is 11.3. The zero-order valence-electron chi connectivity index (χ0n) is 28.3. The van der Waals surface area contributed by atoms with Gasteiger partial charge >= 0.3 is 6.09 Å². The number of fused-ring (bicyclic) bond motifs is 3. The van der Waals surface area contributed by atoms with Crippen LogP contribution in [-0.2, 0) is 33.9 Å². The molecule has 0 spiro atoms. The van der Waals surface area contributed by atoms with Gasteiger partial charge in [0, 0.05) is 17.9 Å². The number of hydrogen-bond donors (Lipinski definition) is 3. The van der Waals surface area contributed by atoms with Crippen LogP contribution in [0.3, 0.4) is 0 Å². The van der Waals surface area contributed by atoms with E-state index < -0.39 is 74.1 Å². The van der Waals surface area contributed by atoms with Crippen LogP contribution in [0.1, 0.15) is 83.3 Å². The fraction of sp³-hybridized carbons (Fsp3) is 0.556. The molecule has 5 rings (SSSR count). The summed E-state index contributed by atoms with van der Waals surface area (Å²) < 4.78 is 38.7. The molecule has 2 bridgehead atoms. The van der Waals surface area contributed by atoms with Gasteiger partial charge in [-0.15, -0.1) is 6.58 Å². The average Bonchev–Trinajstić information content (AvgIpc) is 3.97. The number of benzene rings is 1. The molecule has 0 unspecified atom stereocenters. The van der Waals surface area contributed by atoms with E-state index in [0.717, 1.165) is 30.4 Å². The molecule has 264 valence electrons. The molecule has 3 N–H and O–H groups in total. The van der Waals surface area contributed by atoms with E-state index in [1.54, 1.807) is 20.8 Å². The molecule has 0 aromatic heterocycles. The van der Waals surface area contributed by atoms with Crippen LogP contribution in [0.15, 0.2) is 43.0 Å². The molecule has 1 aromatic rings. The number of sulfonamides is 1. The number of nitrogens with one attached hydrogen (secondary N) is 3. The molecule has 4 aliphatic rings. The van der Waals surface area contributed by atoms with Crippen molar-refractivity contribution in [3.05, 3.63) is 54.1 Å². The Kier molecular flexibility index (Phi) is 10.8. The monoisotopic (exact) mass is 694 g/mol. The zero-order valence-corrected chi connectivity index (χ0v) is 29.1. The number of amides is 4. The van der Waals surface area contributed by atoms with Crippen LogP contribution in [0, 0.1) is 23.4 Å². The number of nitrogens with zero attached hydrogens (tertiary/aromatic N) is 1. The van der Waals surface area contributed by atoms with Crippen molar-refractivity contribution in [2.45, 2.75) is 101 Å². The summed E-state index contributed by atoms with van der Waals surface area (Å²) in [5.41, 5.74) is -0.614. The summed E-state index contributed by atoms with van der Waals surface area (Å²) in [4.78, 5) is 55.9. The highest BCUT2D eigenvalue weighted by Crippen LogP contribution is 2.45. The number of hydrogen-bond acceptors (Lipinski definition) is 8. The minimum atomic E-state index is -3.87. The van der Waals surface area contributed by atoms with Crippen LogP contribution in [0.25, 0.3) is 6.08 Å². The first-order chi connectivity index (χ1) is 23.2. The van der Waals surface area contributed by atoms with Gasteiger partial charge in [0.25, 0.3) is 5.91 Å². The van der Waals surface area contributed by atoms with Gasteiger partial charge in [-0.05, 0) is 67.9 Å². The lowest BCUT2D eigenvalue weighted by Crippen LogP contribution is -2.60. The summed E-state index contributed by atoms with van der Waals surface area (Å²) in [5.74, 6) is 0.538. The van der Waals surface area contributed by atoms with Gasteiger partial charge in [-0.3, -0.25) is 19.1 Å². The van der Waals surface area contributed by atoms with Crippen LogP contribution in [-0.4, -0.2) is 79.3 Å². The van der Waals surface area contributed by atoms with Crippen molar-refractivity contribution in [2.75, 3.05) is 13.2 Å². The number of ether oxygens (including phenoxy) is 2. The maximum Gasteiger partial charge on any atom is 0.407 e. The van der Waals surface area contributed by atoms with Crippen molar-refractivity contribution in [1.29, 1.82) is 0 Å². The van der Waals surface area contributed by atoms with Crippen LogP contribution in [0.5, 0.6) is 0 Å². The van der Waals surface area contributed by atoms with Gasteiger partial charge in [-0.25, -0.2) is 13.2 Å². The van der Waals surface area contributed by atoms with E-state index in [1.807, 2.05) is 30.3 Å². The minimum Gasteiger partial charge on any atom is -0.450 e. The fourth-order valence-electron chi connectivity index (χ4n) is 6.21. The fourth-order valence-corrected chi connectivity index (χ4v) is 7.57. The maximum absolute atomic E-state index is 14.3. The molecule has 2 heterocycles. The van der Waals surface area contributed by atoms with E-state index in [4.69, 9.17) is 9.47 Å². The molecule has 49 heavy (non-hydrogen) atoms. The van der Waals surface area contributed by atoms with Gasteiger partial charge in [-0.1, -0.05) is 57.2 Å². The van der Waals surface area contributed by atoms with Crippen molar-refractivity contribution in [3.8, 4) is 12.0 Å². The molecule has 13 heteroatoms. The van der Waals surface area contributed by atoms with Crippen molar-refractivity contribution in [1.82, 2.24) is 20.3 Å². The Labute approximate surface area is 288 Å². The van der Waals surface area contributed by atoms with Crippen molar-refractivity contribution >= 4 is 39.9 Å². The second-order valence-electron chi connectivity index (χ2n) is 14.3. The van der Waals surface area contributed by atoms with Crippen molar-refractivity contribution in [3.63, 3.8) is 0 Å². The van der Waals surface area contributed by atoms with Crippen molar-refractivity contribution < 1.29 is 37.1 Å². The Hall–Kier alpha value is -4.31. The predicted molar refractivity (Wildman–Crippen MR) is 183 cm³/mol. The third-order valence-corrected chi connectivity index (χ3v) is 11.2. The standard InChI is InChI=1S/C36H46N4O8S/c1-5-26-22-36(26,33(43)39-49(45,46)28-16-17-28)38-31(41)29-21-27-23-40(29)32(42)30(35(2,3)4)37-34(44)48-19-12-8-6-7-9-13-24-14-10-11-15-25(24)18-20-47-27/h5,9-11,13-15,26-30H,1,6-8,12,16-17,19,21-23H2,2-4H3,(H,37,44)(H,38,41)(H,39,43)/b13-9+/t26-,27-,29+,30-,36-/m1/s1. The van der Waals surface area contributed by atoms with E-state index in [9.17, 15) is 27.6 Å². The molecule has 4 amide bonds. The van der Waals surface area contributed by atoms with E-state index in [-0.39, 0.29) is 26.0 Å². The van der Waals surface area contributed by atoms with Crippen LogP contribution in [0.2, 0.25) is 0 Å². The second-order valence-corrected chi connectivity index (χ2v) is 16.3. The zero-order chi connectivity index (χ0) is 35.4. The largest absolute Gasteiger partial charge is 0.450 e. The highest BCUT2D eigenvalue weighted by Gasteiger charge is 2.62. The van der Waals surface area contributed by atoms with Gasteiger partial charge in [0.2, 0.25) is 21.8 Å². The number of carbonyl (C=O) groups excluding carboxylic acids is 4. The predicted octanol–water partition coefficient (Wildman–Crippen LogP) is 3.38. The summed E-state index contributed by atoms with van der Waals surface area (Å²) in [5, 5.41) is 4.85. The summed E-state index contributed by atoms with van der Waals surface area (Å²) in [7, 11) is -3.87. The number of alkyl carbamates (subject to hydrolysis) is 1. The second kappa shape index (κ2) is 14.7. The normalized spacial score (nSPS) is 28.6. The van der Waals surface area contributed by atoms with Crippen LogP contribution in [0.4, 0.5) is 4.79 Å². The highest BCUT2D eigenvalue weighted by molar-refractivity contribution is 7.91. The molecule has 2 aliphatic carbocycles. The summed E-state index contributed by atoms with van der Waals surface area (Å²) >= 11 is 0. The van der Waals surface area contributed by atoms with E-state index >= 15 is 0 Å². The first-order valence-corrected chi connectivity index (χ1v) is 18.5. The Morgan fingerprint density at radius 3 is 2.59 bits per heavy atom. The number of allylic oxidation sites excluding steroid dienone is 1. The van der Waals surface area contributed by atoms with Gasteiger partial charge in [0.15, 0.2) is 0 Å². The molecular formula is C36H46N4O8S. The highest BCUT2D eigenvalue weighted by atomic mass is 32.2. The van der Waals surface area contributed by atoms with Gasteiger partial charge < -0.3 is 25.0 Å². The van der Waals surface area contributed by atoms with E-state index in [1.165, 1.54) is 11.0 Å². The SMILES string of the molecule is C=C[C@@H]1C[C@]1(NC(=O)[C@@H]1C[C@@H]2CN1C(=O)[C@H](C(C)(C)C)NC(=O)OCCCCC/C=C/c1ccccc1C#CO2)C(=O)NS(=O)(=O)C1CC1. The molecule has 2 aliphatic heterocycles. The van der Waals surface area contributed by atoms with Gasteiger partial charge in [0.05, 0.1) is 18.4 Å². The Morgan fingerprint density at radius 2 is 1.90 bits per heavy atom. The average molecular weight is 695 g/mol. The van der Waals surface area contributed by atoms with Gasteiger partial charge in [0.1, 0.15) is 29.8 Å². The Bertz CT molecular complexity index is 1670. The first kappa shape index (κ1) is 36.0. The van der Waals surface area contributed by atoms with Crippen molar-refractivity contribution in [2.24, 2.45) is 11.3 Å². The minimum absolute atomic E-state index is 0.0173. The van der Waals surface area contributed by atoms with E-state index in [0.29, 0.717) is 19.3 Å². The number of cyclic esters (lactones) is 1. The Balaban J connectivity index is 1.43. The maximum atomic E-state index is 14.3. The molecule has 12 nitrogen and oxygen atoms in total. The smallest absolute Gasteiger partial charge is 0.407 e.